The van der Waals surface area contributed by atoms with Gasteiger partial charge >= 0.3 is 0 Å². The van der Waals surface area contributed by atoms with Crippen LogP contribution in [-0.2, 0) is 178 Å². The molecular formula is C119H137NO21Si. The zero-order valence-corrected chi connectivity index (χ0v) is 83.3. The number of ether oxygens (including phenoxy) is 20. The molecule has 4 saturated heterocycles. The molecule has 22 nitrogen and oxygen atoms in total. The second-order valence-electron chi connectivity index (χ2n) is 37.6. The Morgan fingerprint density at radius 1 is 0.218 bits per heavy atom. The van der Waals surface area contributed by atoms with Gasteiger partial charge in [0.25, 0.3) is 0 Å². The van der Waals surface area contributed by atoms with E-state index in [1.807, 2.05) is 364 Å². The van der Waals surface area contributed by atoms with Crippen LogP contribution in [0.15, 0.2) is 364 Å². The van der Waals surface area contributed by atoms with Gasteiger partial charge in [0.1, 0.15) is 97.7 Å². The number of hydrogen-bond donors (Lipinski definition) is 1. The van der Waals surface area contributed by atoms with Gasteiger partial charge in [0.05, 0.1) is 106 Å². The van der Waals surface area contributed by atoms with E-state index in [1.54, 1.807) is 6.92 Å². The Morgan fingerprint density at radius 2 is 0.408 bits per heavy atom. The van der Waals surface area contributed by atoms with Gasteiger partial charge in [0.2, 0.25) is 6.29 Å². The molecule has 748 valence electrons. The fraction of sp³-hybridized carbons (Fsp3) is 0.387. The summed E-state index contributed by atoms with van der Waals surface area (Å²) < 4.78 is 159. The van der Waals surface area contributed by atoms with Crippen molar-refractivity contribution in [2.45, 2.75) is 267 Å². The standard InChI is InChI=1S/C119H137NO21Si/c1-84(2)142(85(3)4,86(5)6)134-83-103-107(126-73-93-54-30-13-31-55-93)111(130-77-97-62-38-17-39-63-97)115(141-118-113(132-79-99-66-42-19-43-67-99)108(127-74-94-56-32-14-33-57-94)104(123-70-90-48-24-10-25-49-90)101(137-118)81-122-69-89-46-22-9-23-47-89)119(139-103)140-114-110(129-76-96-60-36-16-37-61-96)105(124-71-91-50-26-11-27-51-91)100(80-121-68-88-44-20-8-21-45-88)136-116(114)133-82-102-106(125-72-92-52-28-12-29-53-92)109(128-75-95-58-34-15-35-59-95)112(117(138-102)135-87(7)120)131-78-98-64-40-18-41-65-98/h8-67,84-86,100-120H,68-83H2,1-7H3. The zero-order valence-electron chi connectivity index (χ0n) is 82.3. The molecule has 12 aromatic rings. The summed E-state index contributed by atoms with van der Waals surface area (Å²) in [4.78, 5) is 0. The van der Waals surface area contributed by atoms with Crippen LogP contribution in [0.5, 0.6) is 0 Å². The van der Waals surface area contributed by atoms with E-state index in [0.717, 1.165) is 66.8 Å². The molecular weight excluding hydrogens is 1810 g/mol. The topological polar surface area (TPSA) is 218 Å². The summed E-state index contributed by atoms with van der Waals surface area (Å²) in [6.07, 6.45) is -23.2. The lowest BCUT2D eigenvalue weighted by Crippen LogP contribution is -2.69. The Hall–Kier alpha value is -10.5. The molecule has 12 aromatic carbocycles. The second kappa shape index (κ2) is 54.5. The van der Waals surface area contributed by atoms with Gasteiger partial charge < -0.3 is 99.2 Å². The molecule has 0 saturated carbocycles. The highest BCUT2D eigenvalue weighted by molar-refractivity contribution is 6.77. The molecule has 0 aromatic heterocycles. The van der Waals surface area contributed by atoms with Crippen LogP contribution in [0.25, 0.3) is 0 Å². The maximum Gasteiger partial charge on any atom is 0.230 e. The van der Waals surface area contributed by atoms with Gasteiger partial charge in [-0.25, -0.2) is 0 Å². The van der Waals surface area contributed by atoms with Gasteiger partial charge in [0.15, 0.2) is 33.1 Å². The number of hydrogen-bond acceptors (Lipinski definition) is 22. The maximum atomic E-state index is 9.13. The molecule has 0 amide bonds. The summed E-state index contributed by atoms with van der Waals surface area (Å²) in [5.74, 6) is -0.130. The fourth-order valence-corrected chi connectivity index (χ4v) is 25.0. The van der Waals surface area contributed by atoms with Gasteiger partial charge in [0, 0.05) is 6.92 Å². The van der Waals surface area contributed by atoms with Crippen molar-refractivity contribution in [2.24, 2.45) is 0 Å². The van der Waals surface area contributed by atoms with Crippen molar-refractivity contribution in [3.05, 3.63) is 431 Å². The Balaban J connectivity index is 0.895. The lowest BCUT2D eigenvalue weighted by atomic mass is 9.95. The summed E-state index contributed by atoms with van der Waals surface area (Å²) in [5, 5.41) is 9.13. The van der Waals surface area contributed by atoms with Crippen LogP contribution in [0, 0.1) is 5.41 Å². The van der Waals surface area contributed by atoms with Crippen molar-refractivity contribution in [3.8, 4) is 0 Å². The summed E-state index contributed by atoms with van der Waals surface area (Å²) in [7, 11) is -2.85. The van der Waals surface area contributed by atoms with Crippen LogP contribution in [-0.4, -0.2) is 163 Å². The minimum atomic E-state index is -2.85. The van der Waals surface area contributed by atoms with Crippen LogP contribution in [0.4, 0.5) is 0 Å². The predicted molar refractivity (Wildman–Crippen MR) is 544 cm³/mol. The van der Waals surface area contributed by atoms with Crippen molar-refractivity contribution in [3.63, 3.8) is 0 Å². The van der Waals surface area contributed by atoms with Gasteiger partial charge in [-0.3, -0.25) is 5.41 Å². The molecule has 16 rings (SSSR count). The quantitative estimate of drug-likeness (QED) is 0.0213. The first-order valence-corrected chi connectivity index (χ1v) is 52.0. The third kappa shape index (κ3) is 29.7. The highest BCUT2D eigenvalue weighted by atomic mass is 28.4. The normalized spacial score (nSPS) is 24.7. The van der Waals surface area contributed by atoms with Gasteiger partial charge in [-0.15, -0.1) is 0 Å². The van der Waals surface area contributed by atoms with E-state index in [0.29, 0.717) is 0 Å². The molecule has 0 aliphatic carbocycles. The summed E-state index contributed by atoms with van der Waals surface area (Å²) in [6, 6.07) is 120. The highest BCUT2D eigenvalue weighted by Gasteiger charge is 2.60. The third-order valence-electron chi connectivity index (χ3n) is 26.5. The maximum absolute atomic E-state index is 9.13. The Labute approximate surface area is 838 Å². The Bertz CT molecular complexity index is 5500. The van der Waals surface area contributed by atoms with Crippen molar-refractivity contribution in [1.29, 1.82) is 5.41 Å². The molecule has 142 heavy (non-hydrogen) atoms. The molecule has 0 radical (unpaired) electrons. The van der Waals surface area contributed by atoms with Crippen LogP contribution in [0.3, 0.4) is 0 Å². The zero-order chi connectivity index (χ0) is 97.9. The van der Waals surface area contributed by atoms with Crippen molar-refractivity contribution in [1.82, 2.24) is 0 Å². The summed E-state index contributed by atoms with van der Waals surface area (Å²) in [6.45, 7) is 16.3. The van der Waals surface area contributed by atoms with Gasteiger partial charge in [-0.1, -0.05) is 406 Å². The average molecular weight is 1950 g/mol. The number of benzene rings is 12. The molecule has 23 heteroatoms. The number of rotatable bonds is 52. The largest absolute Gasteiger partial charge is 0.450 e. The summed E-state index contributed by atoms with van der Waals surface area (Å²) >= 11 is 0. The molecule has 4 aliphatic rings. The molecule has 1 N–H and O–H groups in total. The third-order valence-corrected chi connectivity index (χ3v) is 32.6. The molecule has 20 unspecified atom stereocenters. The average Bonchev–Trinajstić information content (AvgIpc) is 0.753. The first-order chi connectivity index (χ1) is 69.7. The van der Waals surface area contributed by atoms with Crippen LogP contribution < -0.4 is 0 Å². The lowest BCUT2D eigenvalue weighted by molar-refractivity contribution is -0.407. The smallest absolute Gasteiger partial charge is 0.230 e. The van der Waals surface area contributed by atoms with Crippen LogP contribution in [0.1, 0.15) is 115 Å². The van der Waals surface area contributed by atoms with E-state index in [1.165, 1.54) is 0 Å². The van der Waals surface area contributed by atoms with Gasteiger partial charge in [-0.05, 0) is 83.4 Å². The Kier molecular flexibility index (Phi) is 40.0. The number of nitrogens with one attached hydrogen (secondary N) is 1. The Morgan fingerprint density at radius 3 is 0.662 bits per heavy atom. The lowest BCUT2D eigenvalue weighted by Gasteiger charge is -2.52. The molecule has 20 atom stereocenters. The van der Waals surface area contributed by atoms with E-state index in [4.69, 9.17) is 105 Å². The predicted octanol–water partition coefficient (Wildman–Crippen LogP) is 22.2. The minimum Gasteiger partial charge on any atom is -0.450 e. The molecule has 0 bridgehead atoms. The monoisotopic (exact) mass is 1940 g/mol. The van der Waals surface area contributed by atoms with E-state index < -0.39 is 131 Å². The van der Waals surface area contributed by atoms with Crippen LogP contribution >= 0.6 is 0 Å². The minimum absolute atomic E-state index is 0.00724. The first kappa shape index (κ1) is 104. The van der Waals surface area contributed by atoms with Crippen molar-refractivity contribution < 1.29 is 99.2 Å². The molecule has 4 fully saturated rings. The van der Waals surface area contributed by atoms with E-state index >= 15 is 0 Å². The van der Waals surface area contributed by atoms with Crippen molar-refractivity contribution >= 4 is 14.2 Å². The van der Waals surface area contributed by atoms with Crippen molar-refractivity contribution in [2.75, 3.05) is 26.4 Å². The second-order valence-corrected chi connectivity index (χ2v) is 43.1. The molecule has 4 heterocycles. The summed E-state index contributed by atoms with van der Waals surface area (Å²) in [5.41, 5.74) is 11.1. The highest BCUT2D eigenvalue weighted by Crippen LogP contribution is 2.46. The molecule has 0 spiro atoms. The molecule has 4 aliphatic heterocycles. The first-order valence-electron chi connectivity index (χ1n) is 49.9. The van der Waals surface area contributed by atoms with E-state index in [9.17, 15) is 0 Å². The van der Waals surface area contributed by atoms with E-state index in [-0.39, 0.29) is 128 Å². The SMILES string of the molecule is CC(=N)OC1OC(COC2OC(COCc3ccccc3)C(OCc3ccccc3)C(OCc3ccccc3)C2OC2OC(CO[Si](C(C)C)(C(C)C)C(C)C)C(OCc3ccccc3)C(OCc3ccccc3)C2OC2OC(COCc3ccccc3)C(OCc3ccccc3)C(OCc3ccccc3)C2OCc2ccccc2)C(OCc2ccccc2)C(OCc2ccccc2)C1OCc1ccccc1. The van der Waals surface area contributed by atoms with Crippen LogP contribution in [0.2, 0.25) is 16.6 Å². The van der Waals surface area contributed by atoms with Gasteiger partial charge in [-0.2, -0.15) is 0 Å². The fourth-order valence-electron chi connectivity index (χ4n) is 19.5. The van der Waals surface area contributed by atoms with E-state index in [2.05, 4.69) is 41.5 Å².